The zero-order valence-corrected chi connectivity index (χ0v) is 19.3. The van der Waals surface area contributed by atoms with Gasteiger partial charge < -0.3 is 24.3 Å². The highest BCUT2D eigenvalue weighted by molar-refractivity contribution is 5.89. The minimum absolute atomic E-state index is 0.295. The van der Waals surface area contributed by atoms with Crippen molar-refractivity contribution in [3.05, 3.63) is 83.7 Å². The Kier molecular flexibility index (Phi) is 8.79. The summed E-state index contributed by atoms with van der Waals surface area (Å²) in [5, 5.41) is 3.30. The quantitative estimate of drug-likeness (QED) is 0.335. The first kappa shape index (κ1) is 24.5. The van der Waals surface area contributed by atoms with Gasteiger partial charge in [-0.1, -0.05) is 30.3 Å². The van der Waals surface area contributed by atoms with Crippen molar-refractivity contribution in [2.24, 2.45) is 0 Å². The van der Waals surface area contributed by atoms with Gasteiger partial charge in [0, 0.05) is 18.0 Å². The van der Waals surface area contributed by atoms with E-state index in [1.54, 1.807) is 57.4 Å². The molecule has 1 aromatic heterocycles. The van der Waals surface area contributed by atoms with Crippen LogP contribution in [-0.4, -0.2) is 41.6 Å². The van der Waals surface area contributed by atoms with Crippen LogP contribution in [0.2, 0.25) is 0 Å². The van der Waals surface area contributed by atoms with Gasteiger partial charge in [0.15, 0.2) is 0 Å². The lowest BCUT2D eigenvalue weighted by Crippen LogP contribution is -2.18. The van der Waals surface area contributed by atoms with Crippen LogP contribution in [0.5, 0.6) is 5.75 Å². The highest BCUT2D eigenvalue weighted by Gasteiger charge is 2.20. The van der Waals surface area contributed by atoms with E-state index in [9.17, 15) is 9.59 Å². The van der Waals surface area contributed by atoms with Crippen LogP contribution < -0.4 is 10.1 Å². The molecular weight excluding hydrogens is 438 g/mol. The Morgan fingerprint density at radius 1 is 0.941 bits per heavy atom. The Balaban J connectivity index is 1.87. The maximum atomic E-state index is 12.1. The molecular formula is C25H27N3O6. The maximum Gasteiger partial charge on any atom is 0.511 e. The lowest BCUT2D eigenvalue weighted by Gasteiger charge is -2.22. The molecule has 3 rings (SSSR count). The van der Waals surface area contributed by atoms with E-state index in [1.807, 2.05) is 30.3 Å². The number of benzene rings is 2. The summed E-state index contributed by atoms with van der Waals surface area (Å²) in [6, 6.07) is 15.6. The van der Waals surface area contributed by atoms with Gasteiger partial charge in [-0.2, -0.15) is 0 Å². The minimum atomic E-state index is -0.811. The maximum absolute atomic E-state index is 12.1. The van der Waals surface area contributed by atoms with Gasteiger partial charge in [0.2, 0.25) is 12.7 Å². The van der Waals surface area contributed by atoms with Crippen LogP contribution in [0.15, 0.2) is 67.0 Å². The van der Waals surface area contributed by atoms with Crippen molar-refractivity contribution in [3.63, 3.8) is 0 Å². The average Bonchev–Trinajstić information content (AvgIpc) is 2.83. The Hall–Kier alpha value is -4.14. The summed E-state index contributed by atoms with van der Waals surface area (Å²) in [7, 11) is 0. The highest BCUT2D eigenvalue weighted by Crippen LogP contribution is 2.32. The van der Waals surface area contributed by atoms with Gasteiger partial charge in [0.1, 0.15) is 5.75 Å². The standard InChI is InChI=1S/C25H27N3O6/c1-4-31-23(29)19-12-10-18(11-13-19)22(28-24-26-14-7-15-27-24)20-8-5-6-9-21(20)32-16-33-25(30)34-17(2)3/h5-15,17,22H,4,16H2,1-3H3,(H,26,27,28). The molecule has 0 fully saturated rings. The van der Waals surface area contributed by atoms with Crippen molar-refractivity contribution in [1.29, 1.82) is 0 Å². The minimum Gasteiger partial charge on any atom is -0.462 e. The van der Waals surface area contributed by atoms with E-state index in [0.29, 0.717) is 23.9 Å². The number of hydrogen-bond donors (Lipinski definition) is 1. The third-order valence-electron chi connectivity index (χ3n) is 4.55. The molecule has 9 nitrogen and oxygen atoms in total. The molecule has 0 spiro atoms. The molecule has 3 aromatic rings. The summed E-state index contributed by atoms with van der Waals surface area (Å²) in [6.07, 6.45) is 2.16. The van der Waals surface area contributed by atoms with E-state index in [2.05, 4.69) is 15.3 Å². The van der Waals surface area contributed by atoms with Crippen molar-refractivity contribution in [2.75, 3.05) is 18.7 Å². The fourth-order valence-corrected chi connectivity index (χ4v) is 3.09. The summed E-state index contributed by atoms with van der Waals surface area (Å²) in [6.45, 7) is 5.20. The number of para-hydroxylation sites is 1. The molecule has 34 heavy (non-hydrogen) atoms. The second-order valence-electron chi connectivity index (χ2n) is 7.35. The molecule has 1 heterocycles. The van der Waals surface area contributed by atoms with Gasteiger partial charge >= 0.3 is 12.1 Å². The van der Waals surface area contributed by atoms with Crippen LogP contribution in [-0.2, 0) is 14.2 Å². The summed E-state index contributed by atoms with van der Waals surface area (Å²) in [4.78, 5) is 32.2. The summed E-state index contributed by atoms with van der Waals surface area (Å²) >= 11 is 0. The predicted octanol–water partition coefficient (Wildman–Crippen LogP) is 4.75. The van der Waals surface area contributed by atoms with Crippen molar-refractivity contribution in [2.45, 2.75) is 32.9 Å². The van der Waals surface area contributed by atoms with E-state index >= 15 is 0 Å². The molecule has 0 saturated carbocycles. The summed E-state index contributed by atoms with van der Waals surface area (Å²) in [5.74, 6) is 0.510. The number of carbonyl (C=O) groups excluding carboxylic acids is 2. The molecule has 0 aliphatic heterocycles. The number of hydrogen-bond acceptors (Lipinski definition) is 9. The largest absolute Gasteiger partial charge is 0.511 e. The third-order valence-corrected chi connectivity index (χ3v) is 4.55. The Bertz CT molecular complexity index is 1070. The summed E-state index contributed by atoms with van der Waals surface area (Å²) < 4.78 is 20.8. The van der Waals surface area contributed by atoms with E-state index in [0.717, 1.165) is 11.1 Å². The number of aromatic nitrogens is 2. The third kappa shape index (κ3) is 6.93. The predicted molar refractivity (Wildman–Crippen MR) is 125 cm³/mol. The molecule has 1 N–H and O–H groups in total. The molecule has 0 amide bonds. The number of ether oxygens (including phenoxy) is 4. The van der Waals surface area contributed by atoms with Crippen molar-refractivity contribution in [3.8, 4) is 5.75 Å². The van der Waals surface area contributed by atoms with Gasteiger partial charge in [0.25, 0.3) is 0 Å². The van der Waals surface area contributed by atoms with Crippen LogP contribution >= 0.6 is 0 Å². The summed E-state index contributed by atoms with van der Waals surface area (Å²) in [5.41, 5.74) is 2.03. The highest BCUT2D eigenvalue weighted by atomic mass is 16.8. The van der Waals surface area contributed by atoms with Crippen LogP contribution in [0.4, 0.5) is 10.7 Å². The molecule has 0 radical (unpaired) electrons. The Morgan fingerprint density at radius 3 is 2.32 bits per heavy atom. The van der Waals surface area contributed by atoms with Crippen molar-refractivity contribution >= 4 is 18.1 Å². The monoisotopic (exact) mass is 465 g/mol. The van der Waals surface area contributed by atoms with Crippen molar-refractivity contribution in [1.82, 2.24) is 9.97 Å². The first-order valence-electron chi connectivity index (χ1n) is 10.8. The number of nitrogens with one attached hydrogen (secondary N) is 1. The first-order valence-corrected chi connectivity index (χ1v) is 10.8. The molecule has 1 atom stereocenters. The zero-order chi connectivity index (χ0) is 24.3. The molecule has 9 heteroatoms. The second-order valence-corrected chi connectivity index (χ2v) is 7.35. The zero-order valence-electron chi connectivity index (χ0n) is 19.3. The fourth-order valence-electron chi connectivity index (χ4n) is 3.09. The lowest BCUT2D eigenvalue weighted by atomic mass is 9.97. The van der Waals surface area contributed by atoms with Crippen LogP contribution in [0, 0.1) is 0 Å². The molecule has 0 aliphatic rings. The normalized spacial score (nSPS) is 11.4. The van der Waals surface area contributed by atoms with E-state index in [4.69, 9.17) is 18.9 Å². The molecule has 2 aromatic carbocycles. The lowest BCUT2D eigenvalue weighted by molar-refractivity contribution is -0.00847. The number of carbonyl (C=O) groups is 2. The van der Waals surface area contributed by atoms with E-state index < -0.39 is 12.2 Å². The second kappa shape index (κ2) is 12.2. The molecule has 0 saturated heterocycles. The van der Waals surface area contributed by atoms with Gasteiger partial charge in [0.05, 0.1) is 24.3 Å². The number of rotatable bonds is 10. The Labute approximate surface area is 198 Å². The SMILES string of the molecule is CCOC(=O)c1ccc(C(Nc2ncccn2)c2ccccc2OCOC(=O)OC(C)C)cc1. The molecule has 0 aliphatic carbocycles. The van der Waals surface area contributed by atoms with Crippen molar-refractivity contribution < 1.29 is 28.5 Å². The number of esters is 1. The Morgan fingerprint density at radius 2 is 1.65 bits per heavy atom. The topological polar surface area (TPSA) is 109 Å². The number of anilines is 1. The fraction of sp³-hybridized carbons (Fsp3) is 0.280. The average molecular weight is 466 g/mol. The number of nitrogens with zero attached hydrogens (tertiary/aromatic N) is 2. The van der Waals surface area contributed by atoms with Gasteiger partial charge in [-0.25, -0.2) is 19.6 Å². The molecule has 1 unspecified atom stereocenters. The van der Waals surface area contributed by atoms with Crippen LogP contribution in [0.1, 0.15) is 48.3 Å². The van der Waals surface area contributed by atoms with E-state index in [-0.39, 0.29) is 18.9 Å². The van der Waals surface area contributed by atoms with Gasteiger partial charge in [-0.3, -0.25) is 0 Å². The van der Waals surface area contributed by atoms with Crippen LogP contribution in [0.25, 0.3) is 0 Å². The smallest absolute Gasteiger partial charge is 0.462 e. The van der Waals surface area contributed by atoms with E-state index in [1.165, 1.54) is 0 Å². The van der Waals surface area contributed by atoms with Gasteiger partial charge in [-0.05, 0) is 50.6 Å². The molecule has 0 bridgehead atoms. The molecule has 178 valence electrons. The first-order chi connectivity index (χ1) is 16.5. The van der Waals surface area contributed by atoms with Gasteiger partial charge in [-0.15, -0.1) is 0 Å². The van der Waals surface area contributed by atoms with Crippen LogP contribution in [0.3, 0.4) is 0 Å².